The van der Waals surface area contributed by atoms with Gasteiger partial charge >= 0.3 is 5.97 Å². The number of anilines is 1. The van der Waals surface area contributed by atoms with Crippen LogP contribution in [0.25, 0.3) is 0 Å². The Labute approximate surface area is 105 Å². The predicted molar refractivity (Wildman–Crippen MR) is 66.8 cm³/mol. The maximum absolute atomic E-state index is 11.5. The Bertz CT molecular complexity index is 457. The second-order valence-corrected chi connectivity index (χ2v) is 4.12. The number of benzene rings is 1. The number of carboxylic acids is 1. The lowest BCUT2D eigenvalue weighted by molar-refractivity contribution is -0.115. The second kappa shape index (κ2) is 6.02. The van der Waals surface area contributed by atoms with Crippen LogP contribution in [0.4, 0.5) is 5.69 Å². The molecule has 6 nitrogen and oxygen atoms in total. The number of hydrogen-bond acceptors (Lipinski definition) is 4. The van der Waals surface area contributed by atoms with Crippen LogP contribution in [0.15, 0.2) is 18.2 Å². The number of aromatic hydroxyl groups is 1. The first-order valence-electron chi connectivity index (χ1n) is 5.49. The second-order valence-electron chi connectivity index (χ2n) is 4.12. The molecule has 0 saturated carbocycles. The topological polar surface area (TPSA) is 98.7 Å². The van der Waals surface area contributed by atoms with E-state index in [1.165, 1.54) is 18.2 Å². The summed E-state index contributed by atoms with van der Waals surface area (Å²) < 4.78 is 0. The maximum atomic E-state index is 11.5. The molecule has 0 aliphatic carbocycles. The fourth-order valence-electron chi connectivity index (χ4n) is 1.29. The molecule has 4 N–H and O–H groups in total. The van der Waals surface area contributed by atoms with E-state index in [0.717, 1.165) is 0 Å². The zero-order chi connectivity index (χ0) is 13.7. The third-order valence-electron chi connectivity index (χ3n) is 2.18. The summed E-state index contributed by atoms with van der Waals surface area (Å²) in [5.41, 5.74) is 0.0883. The molecule has 0 aromatic heterocycles. The van der Waals surface area contributed by atoms with Crippen LogP contribution in [0, 0.1) is 0 Å². The van der Waals surface area contributed by atoms with Crippen molar-refractivity contribution in [1.82, 2.24) is 5.32 Å². The lowest BCUT2D eigenvalue weighted by Gasteiger charge is -2.09. The van der Waals surface area contributed by atoms with Crippen LogP contribution >= 0.6 is 0 Å². The van der Waals surface area contributed by atoms with E-state index in [9.17, 15) is 14.7 Å². The van der Waals surface area contributed by atoms with Crippen LogP contribution < -0.4 is 10.6 Å². The van der Waals surface area contributed by atoms with Gasteiger partial charge < -0.3 is 20.8 Å². The Morgan fingerprint density at radius 1 is 1.33 bits per heavy atom. The number of aromatic carboxylic acids is 1. The standard InChI is InChI=1S/C12H16N2O4/c1-7(2)13-6-11(16)14-8-3-4-10(15)9(5-8)12(17)18/h3-5,7,13,15H,6H2,1-2H3,(H,14,16)(H,17,18). The van der Waals surface area contributed by atoms with Crippen LogP contribution in [0.3, 0.4) is 0 Å². The first kappa shape index (κ1) is 14.0. The van der Waals surface area contributed by atoms with Gasteiger partial charge in [-0.25, -0.2) is 4.79 Å². The fourth-order valence-corrected chi connectivity index (χ4v) is 1.29. The van der Waals surface area contributed by atoms with Crippen LogP contribution in [0.5, 0.6) is 5.75 Å². The maximum Gasteiger partial charge on any atom is 0.339 e. The molecule has 0 heterocycles. The highest BCUT2D eigenvalue weighted by Gasteiger charge is 2.11. The molecule has 0 bridgehead atoms. The number of hydrogen-bond donors (Lipinski definition) is 4. The molecular formula is C12H16N2O4. The minimum atomic E-state index is -1.25. The van der Waals surface area contributed by atoms with E-state index < -0.39 is 5.97 Å². The summed E-state index contributed by atoms with van der Waals surface area (Å²) >= 11 is 0. The van der Waals surface area contributed by atoms with E-state index in [1.807, 2.05) is 13.8 Å². The number of nitrogens with one attached hydrogen (secondary N) is 2. The van der Waals surface area contributed by atoms with Crippen LogP contribution in [0.2, 0.25) is 0 Å². The smallest absolute Gasteiger partial charge is 0.339 e. The SMILES string of the molecule is CC(C)NCC(=O)Nc1ccc(O)c(C(=O)O)c1. The van der Waals surface area contributed by atoms with E-state index in [4.69, 9.17) is 5.11 Å². The van der Waals surface area contributed by atoms with E-state index >= 15 is 0 Å². The molecule has 0 saturated heterocycles. The van der Waals surface area contributed by atoms with Gasteiger partial charge in [0.2, 0.25) is 5.91 Å². The lowest BCUT2D eigenvalue weighted by Crippen LogP contribution is -2.32. The average Bonchev–Trinajstić information content (AvgIpc) is 2.28. The summed E-state index contributed by atoms with van der Waals surface area (Å²) in [5.74, 6) is -1.85. The van der Waals surface area contributed by atoms with E-state index in [2.05, 4.69) is 10.6 Å². The van der Waals surface area contributed by atoms with Crippen molar-refractivity contribution in [1.29, 1.82) is 0 Å². The van der Waals surface area contributed by atoms with Gasteiger partial charge in [0.1, 0.15) is 11.3 Å². The van der Waals surface area contributed by atoms with Gasteiger partial charge in [0, 0.05) is 11.7 Å². The third-order valence-corrected chi connectivity index (χ3v) is 2.18. The minimum Gasteiger partial charge on any atom is -0.507 e. The van der Waals surface area contributed by atoms with Gasteiger partial charge in [0.15, 0.2) is 0 Å². The summed E-state index contributed by atoms with van der Waals surface area (Å²) in [4.78, 5) is 22.3. The third kappa shape index (κ3) is 4.06. The van der Waals surface area contributed by atoms with E-state index in [0.29, 0.717) is 5.69 Å². The fraction of sp³-hybridized carbons (Fsp3) is 0.333. The molecule has 0 spiro atoms. The summed E-state index contributed by atoms with van der Waals surface area (Å²) in [7, 11) is 0. The summed E-state index contributed by atoms with van der Waals surface area (Å²) in [6, 6.07) is 4.07. The van der Waals surface area contributed by atoms with Crippen LogP contribution in [-0.2, 0) is 4.79 Å². The van der Waals surface area contributed by atoms with Crippen molar-refractivity contribution in [2.24, 2.45) is 0 Å². The highest BCUT2D eigenvalue weighted by Crippen LogP contribution is 2.21. The van der Waals surface area contributed by atoms with Crippen molar-refractivity contribution in [3.63, 3.8) is 0 Å². The predicted octanol–water partition coefficient (Wildman–Crippen LogP) is 1.03. The number of carboxylic acid groups (broad SMARTS) is 1. The lowest BCUT2D eigenvalue weighted by atomic mass is 10.2. The van der Waals surface area contributed by atoms with Crippen molar-refractivity contribution < 1.29 is 19.8 Å². The summed E-state index contributed by atoms with van der Waals surface area (Å²) in [6.45, 7) is 3.97. The zero-order valence-corrected chi connectivity index (χ0v) is 10.2. The quantitative estimate of drug-likeness (QED) is 0.587. The monoisotopic (exact) mass is 252 g/mol. The molecule has 1 aromatic carbocycles. The number of rotatable bonds is 5. The van der Waals surface area contributed by atoms with Gasteiger partial charge in [-0.3, -0.25) is 4.79 Å². The first-order chi connectivity index (χ1) is 8.40. The Hall–Kier alpha value is -2.08. The Morgan fingerprint density at radius 2 is 2.00 bits per heavy atom. The van der Waals surface area contributed by atoms with Crippen LogP contribution in [0.1, 0.15) is 24.2 Å². The number of phenols is 1. The molecule has 0 aliphatic rings. The molecule has 1 amide bonds. The minimum absolute atomic E-state index is 0.140. The van der Waals surface area contributed by atoms with Crippen molar-refractivity contribution in [3.8, 4) is 5.75 Å². The van der Waals surface area contributed by atoms with Crippen molar-refractivity contribution >= 4 is 17.6 Å². The molecule has 6 heteroatoms. The molecule has 0 atom stereocenters. The highest BCUT2D eigenvalue weighted by atomic mass is 16.4. The highest BCUT2D eigenvalue weighted by molar-refractivity contribution is 5.96. The number of carbonyl (C=O) groups is 2. The average molecular weight is 252 g/mol. The van der Waals surface area contributed by atoms with Crippen LogP contribution in [-0.4, -0.2) is 34.7 Å². The molecule has 98 valence electrons. The molecular weight excluding hydrogens is 236 g/mol. The van der Waals surface area contributed by atoms with Crippen molar-refractivity contribution in [2.45, 2.75) is 19.9 Å². The van der Waals surface area contributed by atoms with E-state index in [1.54, 1.807) is 0 Å². The molecule has 1 rings (SSSR count). The van der Waals surface area contributed by atoms with Crippen molar-refractivity contribution in [3.05, 3.63) is 23.8 Å². The van der Waals surface area contributed by atoms with Gasteiger partial charge in [-0.2, -0.15) is 0 Å². The first-order valence-corrected chi connectivity index (χ1v) is 5.49. The largest absolute Gasteiger partial charge is 0.507 e. The summed E-state index contributed by atoms with van der Waals surface area (Å²) in [6.07, 6.45) is 0. The van der Waals surface area contributed by atoms with Gasteiger partial charge in [0.25, 0.3) is 0 Å². The van der Waals surface area contributed by atoms with E-state index in [-0.39, 0.29) is 29.8 Å². The van der Waals surface area contributed by atoms with Crippen molar-refractivity contribution in [2.75, 3.05) is 11.9 Å². The zero-order valence-electron chi connectivity index (χ0n) is 10.2. The normalized spacial score (nSPS) is 10.4. The molecule has 0 unspecified atom stereocenters. The Kier molecular flexibility index (Phi) is 4.67. The molecule has 18 heavy (non-hydrogen) atoms. The molecule has 0 aliphatic heterocycles. The molecule has 0 fully saturated rings. The van der Waals surface area contributed by atoms with Gasteiger partial charge in [-0.05, 0) is 18.2 Å². The number of carbonyl (C=O) groups excluding carboxylic acids is 1. The molecule has 0 radical (unpaired) electrons. The Morgan fingerprint density at radius 3 is 2.56 bits per heavy atom. The van der Waals surface area contributed by atoms with Gasteiger partial charge in [0.05, 0.1) is 6.54 Å². The number of amides is 1. The van der Waals surface area contributed by atoms with Gasteiger partial charge in [-0.15, -0.1) is 0 Å². The summed E-state index contributed by atoms with van der Waals surface area (Å²) in [5, 5.41) is 23.6. The van der Waals surface area contributed by atoms with Gasteiger partial charge in [-0.1, -0.05) is 13.8 Å². The Balaban J connectivity index is 2.70. The molecule has 1 aromatic rings.